The van der Waals surface area contributed by atoms with E-state index in [1.54, 1.807) is 11.7 Å². The van der Waals surface area contributed by atoms with Crippen LogP contribution in [-0.2, 0) is 21.6 Å². The Morgan fingerprint density at radius 1 is 1.10 bits per heavy atom. The van der Waals surface area contributed by atoms with Crippen LogP contribution in [0.1, 0.15) is 86.3 Å². The first-order chi connectivity index (χ1) is 19.9. The number of hydrogen-bond acceptors (Lipinski definition) is 6. The van der Waals surface area contributed by atoms with Gasteiger partial charge in [0.05, 0.1) is 25.3 Å². The molecule has 3 aliphatic rings. The van der Waals surface area contributed by atoms with Crippen molar-refractivity contribution in [3.05, 3.63) is 77.0 Å². The molecule has 2 saturated heterocycles. The molecule has 0 amide bonds. The van der Waals surface area contributed by atoms with Gasteiger partial charge in [0, 0.05) is 35.3 Å². The van der Waals surface area contributed by atoms with E-state index in [0.29, 0.717) is 18.2 Å². The number of benzene rings is 2. The predicted octanol–water partition coefficient (Wildman–Crippen LogP) is 7.52. The van der Waals surface area contributed by atoms with Gasteiger partial charge in [-0.1, -0.05) is 24.3 Å². The van der Waals surface area contributed by atoms with E-state index in [0.717, 1.165) is 66.3 Å². The number of rotatable bonds is 5. The van der Waals surface area contributed by atoms with Crippen LogP contribution < -0.4 is 4.74 Å². The van der Waals surface area contributed by atoms with Crippen LogP contribution in [0.2, 0.25) is 0 Å². The number of carbonyl (C=O) groups is 2. The van der Waals surface area contributed by atoms with Crippen molar-refractivity contribution >= 4 is 23.0 Å². The number of nitrogens with zero attached hydrogens (tertiary/aromatic N) is 2. The molecule has 2 bridgehead atoms. The minimum atomic E-state index is -0.595. The summed E-state index contributed by atoms with van der Waals surface area (Å²) in [5.41, 5.74) is 5.56. The molecule has 222 valence electrons. The zero-order valence-electron chi connectivity index (χ0n) is 25.7. The van der Waals surface area contributed by atoms with Gasteiger partial charge in [-0.3, -0.25) is 9.47 Å². The number of hydrogen-bond donors (Lipinski definition) is 0. The second kappa shape index (κ2) is 10.0. The first-order valence-electron chi connectivity index (χ1n) is 14.9. The summed E-state index contributed by atoms with van der Waals surface area (Å²) < 4.78 is 18.3. The number of aromatic nitrogens is 1. The van der Waals surface area contributed by atoms with E-state index >= 15 is 0 Å². The van der Waals surface area contributed by atoms with E-state index in [9.17, 15) is 9.59 Å². The molecule has 7 nitrogen and oxygen atoms in total. The van der Waals surface area contributed by atoms with Crippen molar-refractivity contribution < 1.29 is 23.8 Å². The van der Waals surface area contributed by atoms with Crippen molar-refractivity contribution in [3.63, 3.8) is 0 Å². The zero-order valence-corrected chi connectivity index (χ0v) is 25.7. The maximum absolute atomic E-state index is 13.2. The summed E-state index contributed by atoms with van der Waals surface area (Å²) in [6.07, 6.45) is 8.00. The highest BCUT2D eigenvalue weighted by atomic mass is 16.6. The highest BCUT2D eigenvalue weighted by Gasteiger charge is 2.59. The van der Waals surface area contributed by atoms with Gasteiger partial charge in [-0.25, -0.2) is 9.59 Å². The zero-order chi connectivity index (χ0) is 30.0. The molecule has 3 heterocycles. The van der Waals surface area contributed by atoms with Gasteiger partial charge >= 0.3 is 12.1 Å². The van der Waals surface area contributed by atoms with Gasteiger partial charge in [-0.15, -0.1) is 0 Å². The molecule has 1 aromatic heterocycles. The molecule has 0 radical (unpaired) electrons. The number of piperidine rings is 1. The molecule has 1 saturated carbocycles. The fraction of sp³-hybridized carbons (Fsp3) is 0.486. The Morgan fingerprint density at radius 2 is 1.81 bits per heavy atom. The Morgan fingerprint density at radius 3 is 2.43 bits per heavy atom. The molecule has 1 spiro atoms. The number of carbonyl (C=O) groups excluding carboxylic acids is 2. The molecule has 2 atom stereocenters. The summed E-state index contributed by atoms with van der Waals surface area (Å²) >= 11 is 0. The van der Waals surface area contributed by atoms with Crippen LogP contribution in [-0.4, -0.2) is 47.4 Å². The third kappa shape index (κ3) is 4.62. The third-order valence-electron chi connectivity index (χ3n) is 9.68. The SMILES string of the molecule is C=C1CC2(C1)CC1CCC(c3ccc(C(=O)OC)cc3)(C2)N1Cc1c(OC)cc(C)c2c1ccn2C(=O)OC(C)(C)C. The summed E-state index contributed by atoms with van der Waals surface area (Å²) in [6.45, 7) is 12.6. The normalized spacial score (nSPS) is 23.2. The molecule has 3 aromatic rings. The number of esters is 1. The van der Waals surface area contributed by atoms with Crippen LogP contribution in [0, 0.1) is 12.3 Å². The van der Waals surface area contributed by atoms with Crippen LogP contribution in [0.5, 0.6) is 5.75 Å². The number of aryl methyl sites for hydroxylation is 1. The van der Waals surface area contributed by atoms with Crippen molar-refractivity contribution in [1.29, 1.82) is 0 Å². The predicted molar refractivity (Wildman–Crippen MR) is 163 cm³/mol. The molecule has 0 N–H and O–H groups in total. The highest BCUT2D eigenvalue weighted by molar-refractivity contribution is 5.95. The van der Waals surface area contributed by atoms with E-state index in [-0.39, 0.29) is 23.0 Å². The Labute approximate surface area is 248 Å². The molecule has 7 heteroatoms. The van der Waals surface area contributed by atoms with E-state index in [2.05, 4.69) is 23.6 Å². The van der Waals surface area contributed by atoms with Crippen LogP contribution in [0.3, 0.4) is 0 Å². The quantitative estimate of drug-likeness (QED) is 0.233. The number of ether oxygens (including phenoxy) is 3. The van der Waals surface area contributed by atoms with E-state index < -0.39 is 5.60 Å². The maximum atomic E-state index is 13.2. The molecule has 42 heavy (non-hydrogen) atoms. The molecule has 3 fully saturated rings. The molecule has 2 aliphatic heterocycles. The summed E-state index contributed by atoms with van der Waals surface area (Å²) in [5, 5.41) is 1.01. The number of allylic oxidation sites excluding steroid dienone is 1. The smallest absolute Gasteiger partial charge is 0.419 e. The van der Waals surface area contributed by atoms with Crippen molar-refractivity contribution in [3.8, 4) is 5.75 Å². The van der Waals surface area contributed by atoms with Gasteiger partial charge in [0.15, 0.2) is 0 Å². The minimum Gasteiger partial charge on any atom is -0.496 e. The summed E-state index contributed by atoms with van der Waals surface area (Å²) in [4.78, 5) is 28.1. The largest absolute Gasteiger partial charge is 0.496 e. The maximum Gasteiger partial charge on any atom is 0.419 e. The van der Waals surface area contributed by atoms with Crippen LogP contribution in [0.15, 0.2) is 54.7 Å². The lowest BCUT2D eigenvalue weighted by Crippen LogP contribution is -2.55. The van der Waals surface area contributed by atoms with E-state index in [1.807, 2.05) is 58.2 Å². The summed E-state index contributed by atoms with van der Waals surface area (Å²) in [6, 6.07) is 12.5. The Hall–Kier alpha value is -3.58. The highest BCUT2D eigenvalue weighted by Crippen LogP contribution is 2.64. The first-order valence-corrected chi connectivity index (χ1v) is 14.9. The summed E-state index contributed by atoms with van der Waals surface area (Å²) in [5.74, 6) is 0.506. The average molecular weight is 571 g/mol. The summed E-state index contributed by atoms with van der Waals surface area (Å²) in [7, 11) is 3.13. The molecule has 1 aliphatic carbocycles. The molecular formula is C35H42N2O5. The van der Waals surface area contributed by atoms with Gasteiger partial charge in [-0.2, -0.15) is 0 Å². The molecular weight excluding hydrogens is 528 g/mol. The fourth-order valence-electron chi connectivity index (χ4n) is 8.20. The fourth-order valence-corrected chi connectivity index (χ4v) is 8.20. The van der Waals surface area contributed by atoms with Crippen LogP contribution in [0.4, 0.5) is 4.79 Å². The monoisotopic (exact) mass is 570 g/mol. The minimum absolute atomic E-state index is 0.172. The molecule has 2 unspecified atom stereocenters. The lowest BCUT2D eigenvalue weighted by molar-refractivity contribution is -0.0497. The van der Waals surface area contributed by atoms with Crippen molar-refractivity contribution in [2.75, 3.05) is 14.2 Å². The molecule has 6 rings (SSSR count). The Balaban J connectivity index is 1.44. The van der Waals surface area contributed by atoms with Crippen LogP contribution >= 0.6 is 0 Å². The van der Waals surface area contributed by atoms with E-state index in [1.165, 1.54) is 18.2 Å². The lowest BCUT2D eigenvalue weighted by Gasteiger charge is -2.58. The standard InChI is InChI=1S/C35H42N2O5/c1-22-17-34(18-22)19-26-12-14-35(21-34,25-10-8-24(9-11-25)31(38)41-7)37(26)20-28-27-13-15-36(32(39)42-33(3,4)5)30(27)23(2)16-29(28)40-6/h8-11,13,15-16,26H,1,12,14,17-21H2,2-7H3. The lowest BCUT2D eigenvalue weighted by atomic mass is 9.56. The van der Waals surface area contributed by atoms with Crippen molar-refractivity contribution in [2.24, 2.45) is 5.41 Å². The topological polar surface area (TPSA) is 70.0 Å². The average Bonchev–Trinajstić information content (AvgIpc) is 3.46. The van der Waals surface area contributed by atoms with E-state index in [4.69, 9.17) is 14.2 Å². The van der Waals surface area contributed by atoms with Gasteiger partial charge < -0.3 is 14.2 Å². The second-order valence-electron chi connectivity index (χ2n) is 13.7. The number of methoxy groups -OCH3 is 2. The third-order valence-corrected chi connectivity index (χ3v) is 9.68. The van der Waals surface area contributed by atoms with Gasteiger partial charge in [0.2, 0.25) is 0 Å². The Kier molecular flexibility index (Phi) is 6.80. The van der Waals surface area contributed by atoms with Gasteiger partial charge in [-0.05, 0) is 107 Å². The Bertz CT molecular complexity index is 1570. The molecule has 2 aromatic carbocycles. The van der Waals surface area contributed by atoms with Crippen LogP contribution in [0.25, 0.3) is 10.9 Å². The van der Waals surface area contributed by atoms with Gasteiger partial charge in [0.25, 0.3) is 0 Å². The van der Waals surface area contributed by atoms with Crippen molar-refractivity contribution in [2.45, 2.75) is 89.9 Å². The number of fused-ring (bicyclic) bond motifs is 3. The van der Waals surface area contributed by atoms with Gasteiger partial charge in [0.1, 0.15) is 11.4 Å². The van der Waals surface area contributed by atoms with Crippen molar-refractivity contribution in [1.82, 2.24) is 9.47 Å². The second-order valence-corrected chi connectivity index (χ2v) is 13.7. The first kappa shape index (κ1) is 28.5.